The van der Waals surface area contributed by atoms with Crippen LogP contribution in [0.4, 0.5) is 0 Å². The van der Waals surface area contributed by atoms with Gasteiger partial charge in [-0.15, -0.1) is 6.58 Å². The standard InChI is InChI=1S/C17H21NO5/c1-3-9-17(16(20)21)12(2)23-15(18-17)13-5-7-14(8-6-13)22-11-4-10-19/h3,5-8,12,19H,1,4,9-11H2,2H3,(H,20,21)/t12-,17-/m1/s1. The summed E-state index contributed by atoms with van der Waals surface area (Å²) in [5.41, 5.74) is -0.633. The van der Waals surface area contributed by atoms with Gasteiger partial charge in [-0.25, -0.2) is 9.79 Å². The monoisotopic (exact) mass is 319 g/mol. The summed E-state index contributed by atoms with van der Waals surface area (Å²) in [7, 11) is 0. The number of carbonyl (C=O) groups is 1. The molecule has 6 heteroatoms. The molecule has 0 aromatic heterocycles. The van der Waals surface area contributed by atoms with Crippen molar-refractivity contribution in [1.82, 2.24) is 0 Å². The van der Waals surface area contributed by atoms with E-state index in [1.165, 1.54) is 0 Å². The molecule has 0 spiro atoms. The van der Waals surface area contributed by atoms with Crippen molar-refractivity contribution < 1.29 is 24.5 Å². The predicted molar refractivity (Wildman–Crippen MR) is 85.9 cm³/mol. The van der Waals surface area contributed by atoms with Crippen LogP contribution in [-0.2, 0) is 9.53 Å². The Bertz CT molecular complexity index is 596. The molecule has 0 radical (unpaired) electrons. The van der Waals surface area contributed by atoms with Crippen LogP contribution in [0.2, 0.25) is 0 Å². The number of aliphatic hydroxyl groups is 1. The zero-order chi connectivity index (χ0) is 16.9. The number of carboxylic acid groups (broad SMARTS) is 1. The number of benzene rings is 1. The summed E-state index contributed by atoms with van der Waals surface area (Å²) in [6.45, 7) is 5.82. The van der Waals surface area contributed by atoms with E-state index in [-0.39, 0.29) is 13.0 Å². The van der Waals surface area contributed by atoms with Crippen molar-refractivity contribution in [3.8, 4) is 5.75 Å². The van der Waals surface area contributed by atoms with E-state index in [1.807, 2.05) is 0 Å². The zero-order valence-corrected chi connectivity index (χ0v) is 13.1. The average Bonchev–Trinajstić information content (AvgIpc) is 2.87. The molecule has 2 N–H and O–H groups in total. The van der Waals surface area contributed by atoms with Crippen molar-refractivity contribution in [2.24, 2.45) is 4.99 Å². The van der Waals surface area contributed by atoms with Gasteiger partial charge < -0.3 is 19.7 Å². The summed E-state index contributed by atoms with van der Waals surface area (Å²) in [6, 6.07) is 7.06. The highest BCUT2D eigenvalue weighted by atomic mass is 16.5. The van der Waals surface area contributed by atoms with Crippen LogP contribution in [0.1, 0.15) is 25.3 Å². The van der Waals surface area contributed by atoms with Gasteiger partial charge >= 0.3 is 5.97 Å². The summed E-state index contributed by atoms with van der Waals surface area (Å²) >= 11 is 0. The van der Waals surface area contributed by atoms with Gasteiger partial charge in [-0.3, -0.25) is 0 Å². The van der Waals surface area contributed by atoms with Gasteiger partial charge in [0.1, 0.15) is 11.9 Å². The van der Waals surface area contributed by atoms with Crippen molar-refractivity contribution >= 4 is 11.9 Å². The van der Waals surface area contributed by atoms with Crippen LogP contribution in [0.5, 0.6) is 5.75 Å². The van der Waals surface area contributed by atoms with E-state index in [9.17, 15) is 9.90 Å². The molecule has 0 saturated heterocycles. The maximum Gasteiger partial charge on any atom is 0.335 e. The highest BCUT2D eigenvalue weighted by Crippen LogP contribution is 2.32. The van der Waals surface area contributed by atoms with Crippen molar-refractivity contribution in [3.05, 3.63) is 42.5 Å². The lowest BCUT2D eigenvalue weighted by Crippen LogP contribution is -2.43. The molecule has 0 saturated carbocycles. The molecule has 0 unspecified atom stereocenters. The number of aliphatic hydroxyl groups excluding tert-OH is 1. The Hall–Kier alpha value is -2.34. The van der Waals surface area contributed by atoms with E-state index >= 15 is 0 Å². The summed E-state index contributed by atoms with van der Waals surface area (Å²) in [5.74, 6) is -0.0445. The second-order valence-corrected chi connectivity index (χ2v) is 5.35. The predicted octanol–water partition coefficient (Wildman–Crippen LogP) is 2.01. The molecular weight excluding hydrogens is 298 g/mol. The van der Waals surface area contributed by atoms with E-state index in [4.69, 9.17) is 14.6 Å². The van der Waals surface area contributed by atoms with Gasteiger partial charge in [0.25, 0.3) is 0 Å². The topological polar surface area (TPSA) is 88.4 Å². The minimum Gasteiger partial charge on any atom is -0.494 e. The smallest absolute Gasteiger partial charge is 0.335 e. The number of hydrogen-bond donors (Lipinski definition) is 2. The molecule has 2 atom stereocenters. The van der Waals surface area contributed by atoms with Crippen LogP contribution >= 0.6 is 0 Å². The first-order valence-electron chi connectivity index (χ1n) is 7.48. The molecule has 0 aliphatic carbocycles. The van der Waals surface area contributed by atoms with Crippen LogP contribution in [0.3, 0.4) is 0 Å². The second-order valence-electron chi connectivity index (χ2n) is 5.35. The molecule has 0 amide bonds. The fourth-order valence-corrected chi connectivity index (χ4v) is 2.38. The molecule has 1 aromatic carbocycles. The molecule has 1 aliphatic rings. The average molecular weight is 319 g/mol. The lowest BCUT2D eigenvalue weighted by molar-refractivity contribution is -0.145. The molecular formula is C17H21NO5. The Morgan fingerprint density at radius 3 is 2.74 bits per heavy atom. The quantitative estimate of drug-likeness (QED) is 0.565. The Balaban J connectivity index is 2.18. The van der Waals surface area contributed by atoms with Crippen LogP contribution in [0, 0.1) is 0 Å². The molecule has 0 bridgehead atoms. The fourth-order valence-electron chi connectivity index (χ4n) is 2.38. The molecule has 1 aromatic rings. The Morgan fingerprint density at radius 2 is 2.17 bits per heavy atom. The number of aliphatic imine (C=N–C) groups is 1. The summed E-state index contributed by atoms with van der Waals surface area (Å²) < 4.78 is 11.1. The normalized spacial score (nSPS) is 23.0. The first-order valence-corrected chi connectivity index (χ1v) is 7.48. The number of rotatable bonds is 8. The Kier molecular flexibility index (Phi) is 5.39. The van der Waals surface area contributed by atoms with E-state index in [2.05, 4.69) is 11.6 Å². The second kappa shape index (κ2) is 7.28. The minimum absolute atomic E-state index is 0.0845. The van der Waals surface area contributed by atoms with Crippen molar-refractivity contribution in [2.45, 2.75) is 31.4 Å². The minimum atomic E-state index is -1.33. The molecule has 2 rings (SSSR count). The van der Waals surface area contributed by atoms with E-state index in [0.29, 0.717) is 30.2 Å². The van der Waals surface area contributed by atoms with Gasteiger partial charge in [-0.2, -0.15) is 0 Å². The van der Waals surface area contributed by atoms with Crippen molar-refractivity contribution in [1.29, 1.82) is 0 Å². The fraction of sp³-hybridized carbons (Fsp3) is 0.412. The molecule has 0 fully saturated rings. The van der Waals surface area contributed by atoms with Crippen LogP contribution in [0.15, 0.2) is 41.9 Å². The number of carboxylic acids is 1. The lowest BCUT2D eigenvalue weighted by Gasteiger charge is -2.22. The van der Waals surface area contributed by atoms with Gasteiger partial charge in [0.05, 0.1) is 6.61 Å². The summed E-state index contributed by atoms with van der Waals surface area (Å²) in [6.07, 6.45) is 1.74. The van der Waals surface area contributed by atoms with E-state index in [0.717, 1.165) is 0 Å². The molecule has 23 heavy (non-hydrogen) atoms. The molecule has 124 valence electrons. The van der Waals surface area contributed by atoms with Crippen LogP contribution in [-0.4, -0.2) is 46.9 Å². The third kappa shape index (κ3) is 3.53. The van der Waals surface area contributed by atoms with E-state index < -0.39 is 17.6 Å². The van der Waals surface area contributed by atoms with Gasteiger partial charge in [0, 0.05) is 25.0 Å². The first-order chi connectivity index (χ1) is 11.0. The third-order valence-corrected chi connectivity index (χ3v) is 3.76. The highest BCUT2D eigenvalue weighted by molar-refractivity contribution is 5.99. The van der Waals surface area contributed by atoms with Crippen LogP contribution < -0.4 is 4.74 Å². The van der Waals surface area contributed by atoms with Gasteiger partial charge in [0.15, 0.2) is 0 Å². The molecule has 1 heterocycles. The van der Waals surface area contributed by atoms with E-state index in [1.54, 1.807) is 37.3 Å². The maximum atomic E-state index is 11.6. The SMILES string of the molecule is C=CC[C@@]1(C(=O)O)N=C(c2ccc(OCCCO)cc2)O[C@@H]1C. The first kappa shape index (κ1) is 17.0. The Morgan fingerprint density at radius 1 is 1.48 bits per heavy atom. The third-order valence-electron chi connectivity index (χ3n) is 3.76. The number of hydrogen-bond acceptors (Lipinski definition) is 5. The molecule has 6 nitrogen and oxygen atoms in total. The number of ether oxygens (including phenoxy) is 2. The Labute approximate surface area is 135 Å². The molecule has 1 aliphatic heterocycles. The summed E-state index contributed by atoms with van der Waals surface area (Å²) in [5, 5.41) is 18.2. The van der Waals surface area contributed by atoms with Crippen LogP contribution in [0.25, 0.3) is 0 Å². The maximum absolute atomic E-state index is 11.6. The highest BCUT2D eigenvalue weighted by Gasteiger charge is 2.49. The van der Waals surface area contributed by atoms with Crippen molar-refractivity contribution in [3.63, 3.8) is 0 Å². The summed E-state index contributed by atoms with van der Waals surface area (Å²) in [4.78, 5) is 15.9. The number of nitrogens with zero attached hydrogens (tertiary/aromatic N) is 1. The largest absolute Gasteiger partial charge is 0.494 e. The number of aliphatic carboxylic acids is 1. The van der Waals surface area contributed by atoms with Crippen molar-refractivity contribution in [2.75, 3.05) is 13.2 Å². The van der Waals surface area contributed by atoms with Gasteiger partial charge in [-0.05, 0) is 31.2 Å². The zero-order valence-electron chi connectivity index (χ0n) is 13.1. The van der Waals surface area contributed by atoms with Gasteiger partial charge in [0.2, 0.25) is 11.4 Å². The van der Waals surface area contributed by atoms with Gasteiger partial charge in [-0.1, -0.05) is 6.08 Å². The lowest BCUT2D eigenvalue weighted by atomic mass is 9.91.